The number of hydrogen-bond donors (Lipinski definition) is 0. The van der Waals surface area contributed by atoms with Crippen molar-refractivity contribution < 1.29 is 19.2 Å². The topological polar surface area (TPSA) is 74.1 Å². The van der Waals surface area contributed by atoms with Crippen molar-refractivity contribution in [2.75, 3.05) is 38.8 Å². The number of methoxy groups -OCH3 is 2. The van der Waals surface area contributed by atoms with Crippen LogP contribution in [0.4, 0.5) is 17.1 Å². The number of anilines is 1. The maximum absolute atomic E-state index is 11.8. The molecule has 3 aromatic carbocycles. The zero-order valence-electron chi connectivity index (χ0n) is 32.6. The highest BCUT2D eigenvalue weighted by atomic mass is 16.7. The molecule has 288 valence electrons. The Kier molecular flexibility index (Phi) is 8.58. The average Bonchev–Trinajstić information content (AvgIpc) is 3.24. The minimum absolute atomic E-state index is 0.0860. The molecule has 2 saturated heterocycles. The van der Waals surface area contributed by atoms with Gasteiger partial charge in [-0.2, -0.15) is 4.84 Å². The van der Waals surface area contributed by atoms with Crippen LogP contribution in [0.2, 0.25) is 0 Å². The molecule has 0 spiro atoms. The van der Waals surface area contributed by atoms with Gasteiger partial charge in [0.15, 0.2) is 5.69 Å². The number of piperidine rings is 2. The fraction of sp³-hybridized carbons (Fsp3) is 0.532. The van der Waals surface area contributed by atoms with E-state index in [0.29, 0.717) is 29.1 Å². The second kappa shape index (κ2) is 13.3. The number of non-ortho nitro benzene ring substituents is 1. The van der Waals surface area contributed by atoms with Gasteiger partial charge in [0, 0.05) is 80.2 Å². The summed E-state index contributed by atoms with van der Waals surface area (Å²) in [5.41, 5.74) is 8.24. The molecule has 5 aliphatic carbocycles. The molecule has 0 aromatic heterocycles. The molecule has 8 nitrogen and oxygen atoms in total. The van der Waals surface area contributed by atoms with E-state index >= 15 is 0 Å². The molecule has 0 amide bonds. The van der Waals surface area contributed by atoms with E-state index in [1.165, 1.54) is 73.8 Å². The van der Waals surface area contributed by atoms with Crippen LogP contribution in [0.15, 0.2) is 96.1 Å². The molecule has 0 radical (unpaired) electrons. The van der Waals surface area contributed by atoms with E-state index < -0.39 is 5.60 Å². The summed E-state index contributed by atoms with van der Waals surface area (Å²) in [6.45, 7) is 2.34. The minimum atomic E-state index is -0.591. The number of ether oxygens (including phenoxy) is 2. The van der Waals surface area contributed by atoms with E-state index in [1.54, 1.807) is 24.8 Å². The van der Waals surface area contributed by atoms with Crippen LogP contribution >= 0.6 is 0 Å². The van der Waals surface area contributed by atoms with E-state index in [1.807, 2.05) is 19.2 Å². The van der Waals surface area contributed by atoms with Gasteiger partial charge in [-0.3, -0.25) is 10.1 Å². The number of quaternary nitrogens is 1. The van der Waals surface area contributed by atoms with E-state index in [4.69, 9.17) is 14.3 Å². The standard InChI is InChI=1S/C47H56N3O5/c1-53-38-19-14-33-29-44-40-13-7-9-22-47(40,41(33)30-38)25-27-50(44,37-17-15-36(16-18-37)49(51)52)55-32-45(54-2)23-20-34-28-43-39-12-6-8-21-46(39,42(34)31-45)24-26-48(43)35-10-4-3-5-11-35/h3-5,10-11,14-20,23,30,39-40,43-44H,6-9,12-13,21-22,24-29,31-32H2,1-2H3/q+1/t39-,40-,43+,44+,45?,46+,47+,50?/m0/s1. The smallest absolute Gasteiger partial charge is 0.269 e. The Labute approximate surface area is 325 Å². The molecule has 2 heterocycles. The van der Waals surface area contributed by atoms with Crippen molar-refractivity contribution in [1.82, 2.24) is 4.65 Å². The third-order valence-corrected chi connectivity index (χ3v) is 16.0. The van der Waals surface area contributed by atoms with Crippen LogP contribution in [-0.4, -0.2) is 56.5 Å². The zero-order valence-corrected chi connectivity index (χ0v) is 32.6. The first-order chi connectivity index (χ1) is 26.8. The van der Waals surface area contributed by atoms with E-state index in [2.05, 4.69) is 65.6 Å². The number of nitro groups is 1. The Morgan fingerprint density at radius 1 is 0.873 bits per heavy atom. The van der Waals surface area contributed by atoms with Crippen molar-refractivity contribution in [3.63, 3.8) is 0 Å². The summed E-state index contributed by atoms with van der Waals surface area (Å²) in [6.07, 6.45) is 19.8. The molecule has 2 saturated carbocycles. The van der Waals surface area contributed by atoms with Gasteiger partial charge in [0.25, 0.3) is 5.69 Å². The fourth-order valence-corrected chi connectivity index (χ4v) is 13.5. The van der Waals surface area contributed by atoms with Gasteiger partial charge >= 0.3 is 0 Å². The maximum Gasteiger partial charge on any atom is 0.269 e. The summed E-state index contributed by atoms with van der Waals surface area (Å²) in [5.74, 6) is 2.02. The number of fused-ring (bicyclic) bond motifs is 1. The number of allylic oxidation sites excluding steroid dienone is 1. The van der Waals surface area contributed by atoms with Gasteiger partial charge in [-0.05, 0) is 96.9 Å². The number of benzene rings is 3. The molecule has 7 aliphatic rings. The summed E-state index contributed by atoms with van der Waals surface area (Å²) < 4.78 is 12.8. The first kappa shape index (κ1) is 35.4. The summed E-state index contributed by atoms with van der Waals surface area (Å²) in [5, 5.41) is 11.8. The normalized spacial score (nSPS) is 35.9. The van der Waals surface area contributed by atoms with Crippen molar-refractivity contribution in [2.24, 2.45) is 17.3 Å². The van der Waals surface area contributed by atoms with Gasteiger partial charge in [-0.1, -0.05) is 61.6 Å². The first-order valence-corrected chi connectivity index (χ1v) is 21.1. The molecular formula is C47H56N3O5+. The van der Waals surface area contributed by atoms with Crippen LogP contribution in [0.3, 0.4) is 0 Å². The Morgan fingerprint density at radius 3 is 2.42 bits per heavy atom. The first-order valence-electron chi connectivity index (χ1n) is 21.1. The van der Waals surface area contributed by atoms with Crippen molar-refractivity contribution in [1.29, 1.82) is 0 Å². The predicted molar refractivity (Wildman–Crippen MR) is 216 cm³/mol. The molecule has 2 unspecified atom stereocenters. The van der Waals surface area contributed by atoms with Crippen LogP contribution in [-0.2, 0) is 21.4 Å². The van der Waals surface area contributed by atoms with Gasteiger partial charge in [0.05, 0.1) is 12.0 Å². The van der Waals surface area contributed by atoms with Gasteiger partial charge < -0.3 is 14.4 Å². The van der Waals surface area contributed by atoms with Gasteiger partial charge in [0.1, 0.15) is 30.5 Å². The van der Waals surface area contributed by atoms with E-state index in [-0.39, 0.29) is 27.5 Å². The lowest BCUT2D eigenvalue weighted by molar-refractivity contribution is -0.384. The molecule has 3 aromatic rings. The molecule has 4 bridgehead atoms. The molecule has 4 fully saturated rings. The number of hydrogen-bond acceptors (Lipinski definition) is 6. The van der Waals surface area contributed by atoms with Gasteiger partial charge in [0.2, 0.25) is 0 Å². The SMILES string of the molecule is COc1ccc2c(c1)[C@@]13CCCC[C@H]1[C@@H](C2)[N+](OCC1(OC)C=CC2=C(C1)[C@@]14CCCC[C@H]1[C@@H](C2)N(c1ccccc1)CC4)(c1ccc([N+](=O)[O-])cc1)CC3. The van der Waals surface area contributed by atoms with Crippen molar-refractivity contribution in [3.8, 4) is 5.75 Å². The van der Waals surface area contributed by atoms with Crippen LogP contribution in [0.25, 0.3) is 0 Å². The lowest BCUT2D eigenvalue weighted by Gasteiger charge is -2.62. The van der Waals surface area contributed by atoms with Crippen molar-refractivity contribution >= 4 is 17.1 Å². The molecule has 10 rings (SSSR count). The Balaban J connectivity index is 1.01. The monoisotopic (exact) mass is 742 g/mol. The highest BCUT2D eigenvalue weighted by Crippen LogP contribution is 2.63. The third-order valence-electron chi connectivity index (χ3n) is 16.0. The number of nitro benzene ring substituents is 1. The van der Waals surface area contributed by atoms with Crippen LogP contribution in [0, 0.1) is 27.4 Å². The molecular weight excluding hydrogens is 687 g/mol. The second-order valence-electron chi connectivity index (χ2n) is 18.0. The predicted octanol–water partition coefficient (Wildman–Crippen LogP) is 9.80. The summed E-state index contributed by atoms with van der Waals surface area (Å²) in [6, 6.07) is 25.8. The number of hydroxylamine groups is 2. The van der Waals surface area contributed by atoms with Crippen molar-refractivity contribution in [3.05, 3.63) is 117 Å². The summed E-state index contributed by atoms with van der Waals surface area (Å²) in [4.78, 5) is 21.9. The Morgan fingerprint density at radius 2 is 1.65 bits per heavy atom. The lowest BCUT2D eigenvalue weighted by atomic mass is 9.50. The molecule has 0 N–H and O–H groups in total. The zero-order chi connectivity index (χ0) is 37.4. The highest BCUT2D eigenvalue weighted by molar-refractivity contribution is 5.55. The second-order valence-corrected chi connectivity index (χ2v) is 18.0. The fourth-order valence-electron chi connectivity index (χ4n) is 13.5. The van der Waals surface area contributed by atoms with Crippen LogP contribution in [0.5, 0.6) is 5.75 Å². The molecule has 8 heteroatoms. The quantitative estimate of drug-likeness (QED) is 0.130. The lowest BCUT2D eigenvalue weighted by Crippen LogP contribution is -2.71. The van der Waals surface area contributed by atoms with Gasteiger partial charge in [-0.15, -0.1) is 4.65 Å². The van der Waals surface area contributed by atoms with E-state index in [9.17, 15) is 10.1 Å². The summed E-state index contributed by atoms with van der Waals surface area (Å²) >= 11 is 0. The van der Waals surface area contributed by atoms with Crippen molar-refractivity contribution in [2.45, 2.75) is 107 Å². The third kappa shape index (κ3) is 5.34. The van der Waals surface area contributed by atoms with Gasteiger partial charge in [-0.25, -0.2) is 0 Å². The molecule has 2 aliphatic heterocycles. The Hall–Kier alpha value is -3.98. The largest absolute Gasteiger partial charge is 0.497 e. The minimum Gasteiger partial charge on any atom is -0.497 e. The number of para-hydroxylation sites is 1. The average molecular weight is 743 g/mol. The Bertz CT molecular complexity index is 2030. The molecule has 55 heavy (non-hydrogen) atoms. The number of nitrogens with zero attached hydrogens (tertiary/aromatic N) is 3. The van der Waals surface area contributed by atoms with Crippen LogP contribution < -0.4 is 14.3 Å². The molecule has 8 atom stereocenters. The summed E-state index contributed by atoms with van der Waals surface area (Å²) in [7, 11) is 3.65. The highest BCUT2D eigenvalue weighted by Gasteiger charge is 2.63. The van der Waals surface area contributed by atoms with E-state index in [0.717, 1.165) is 56.6 Å². The van der Waals surface area contributed by atoms with Crippen LogP contribution in [0.1, 0.15) is 88.2 Å². The number of rotatable bonds is 8. The maximum atomic E-state index is 11.8.